The molecule has 1 fully saturated rings. The SMILES string of the molecule is CCc1cc(NCC(=O)N2CCNCC2)n2nc(C)c(C)c2n1.Cl.Cl. The van der Waals surface area contributed by atoms with Crippen LogP contribution < -0.4 is 10.6 Å². The number of rotatable bonds is 4. The first-order valence-corrected chi connectivity index (χ1v) is 8.18. The molecule has 1 amide bonds. The van der Waals surface area contributed by atoms with Crippen molar-refractivity contribution in [3.05, 3.63) is 23.0 Å². The van der Waals surface area contributed by atoms with Crippen molar-refractivity contribution in [2.24, 2.45) is 0 Å². The summed E-state index contributed by atoms with van der Waals surface area (Å²) in [5.41, 5.74) is 3.90. The lowest BCUT2D eigenvalue weighted by Crippen LogP contribution is -2.48. The van der Waals surface area contributed by atoms with Crippen LogP contribution in [-0.2, 0) is 11.2 Å². The maximum absolute atomic E-state index is 12.3. The molecule has 2 N–H and O–H groups in total. The Bertz CT molecular complexity index is 727. The molecule has 9 heteroatoms. The topological polar surface area (TPSA) is 74.6 Å². The van der Waals surface area contributed by atoms with E-state index in [4.69, 9.17) is 0 Å². The second-order valence-corrected chi connectivity index (χ2v) is 5.92. The largest absolute Gasteiger partial charge is 0.361 e. The molecule has 1 aliphatic heterocycles. The average molecular weight is 389 g/mol. The first-order valence-electron chi connectivity index (χ1n) is 8.18. The van der Waals surface area contributed by atoms with Crippen molar-refractivity contribution in [3.8, 4) is 0 Å². The van der Waals surface area contributed by atoms with E-state index in [-0.39, 0.29) is 37.3 Å². The van der Waals surface area contributed by atoms with Gasteiger partial charge in [-0.1, -0.05) is 6.92 Å². The molecular weight excluding hydrogens is 363 g/mol. The summed E-state index contributed by atoms with van der Waals surface area (Å²) in [5.74, 6) is 0.946. The Hall–Kier alpha value is -1.57. The minimum Gasteiger partial charge on any atom is -0.361 e. The van der Waals surface area contributed by atoms with Gasteiger partial charge in [0.05, 0.1) is 12.2 Å². The minimum atomic E-state index is 0. The van der Waals surface area contributed by atoms with E-state index < -0.39 is 0 Å². The predicted molar refractivity (Wildman–Crippen MR) is 104 cm³/mol. The number of nitrogens with one attached hydrogen (secondary N) is 2. The molecule has 3 heterocycles. The fourth-order valence-corrected chi connectivity index (χ4v) is 2.78. The van der Waals surface area contributed by atoms with Gasteiger partial charge in [0.15, 0.2) is 5.65 Å². The van der Waals surface area contributed by atoms with Gasteiger partial charge in [-0.05, 0) is 20.3 Å². The predicted octanol–water partition coefficient (Wildman–Crippen LogP) is 1.60. The van der Waals surface area contributed by atoms with Crippen LogP contribution in [0.25, 0.3) is 5.65 Å². The summed E-state index contributed by atoms with van der Waals surface area (Å²) in [7, 11) is 0. The van der Waals surface area contributed by atoms with Crippen molar-refractivity contribution in [3.63, 3.8) is 0 Å². The van der Waals surface area contributed by atoms with Crippen molar-refractivity contribution in [1.29, 1.82) is 0 Å². The number of halogens is 2. The maximum Gasteiger partial charge on any atom is 0.242 e. The van der Waals surface area contributed by atoms with Gasteiger partial charge >= 0.3 is 0 Å². The zero-order valence-electron chi connectivity index (χ0n) is 14.8. The Labute approximate surface area is 160 Å². The zero-order chi connectivity index (χ0) is 16.4. The first-order chi connectivity index (χ1) is 11.1. The fourth-order valence-electron chi connectivity index (χ4n) is 2.78. The van der Waals surface area contributed by atoms with E-state index in [9.17, 15) is 4.79 Å². The number of nitrogens with zero attached hydrogens (tertiary/aromatic N) is 4. The highest BCUT2D eigenvalue weighted by atomic mass is 35.5. The van der Waals surface area contributed by atoms with E-state index in [0.717, 1.165) is 61.0 Å². The Morgan fingerprint density at radius 1 is 1.28 bits per heavy atom. The number of fused-ring (bicyclic) bond motifs is 1. The monoisotopic (exact) mass is 388 g/mol. The van der Waals surface area contributed by atoms with Gasteiger partial charge in [-0.3, -0.25) is 4.79 Å². The zero-order valence-corrected chi connectivity index (χ0v) is 16.5. The van der Waals surface area contributed by atoms with Crippen LogP contribution in [0.3, 0.4) is 0 Å². The van der Waals surface area contributed by atoms with Crippen molar-refractivity contribution in [1.82, 2.24) is 24.8 Å². The molecular formula is C16H26Cl2N6O. The lowest BCUT2D eigenvalue weighted by molar-refractivity contribution is -0.129. The molecule has 0 saturated carbocycles. The van der Waals surface area contributed by atoms with Crippen molar-refractivity contribution >= 4 is 42.2 Å². The standard InChI is InChI=1S/C16H24N6O.2ClH/c1-4-13-9-14(22-16(19-13)11(2)12(3)20-22)18-10-15(23)21-7-5-17-6-8-21;;/h9,17-18H,4-8,10H2,1-3H3;2*1H. The van der Waals surface area contributed by atoms with E-state index in [0.29, 0.717) is 0 Å². The summed E-state index contributed by atoms with van der Waals surface area (Å²) in [6, 6.07) is 1.98. The van der Waals surface area contributed by atoms with Crippen molar-refractivity contribution < 1.29 is 4.79 Å². The van der Waals surface area contributed by atoms with Gasteiger partial charge in [0.2, 0.25) is 5.91 Å². The molecule has 1 aliphatic rings. The van der Waals surface area contributed by atoms with Crippen molar-refractivity contribution in [2.75, 3.05) is 38.0 Å². The number of amides is 1. The normalized spacial score (nSPS) is 14.0. The maximum atomic E-state index is 12.3. The summed E-state index contributed by atoms with van der Waals surface area (Å²) in [5, 5.41) is 11.0. The van der Waals surface area contributed by atoms with Gasteiger partial charge in [-0.15, -0.1) is 24.8 Å². The lowest BCUT2D eigenvalue weighted by Gasteiger charge is -2.27. The molecule has 25 heavy (non-hydrogen) atoms. The summed E-state index contributed by atoms with van der Waals surface area (Å²) in [6.07, 6.45) is 0.848. The van der Waals surface area contributed by atoms with Crippen molar-refractivity contribution in [2.45, 2.75) is 27.2 Å². The van der Waals surface area contributed by atoms with Crippen LogP contribution in [0.5, 0.6) is 0 Å². The number of hydrogen-bond acceptors (Lipinski definition) is 5. The summed E-state index contributed by atoms with van der Waals surface area (Å²) in [4.78, 5) is 18.9. The summed E-state index contributed by atoms with van der Waals surface area (Å²) < 4.78 is 1.80. The molecule has 0 aliphatic carbocycles. The Balaban J connectivity index is 0.00000156. The Morgan fingerprint density at radius 3 is 2.60 bits per heavy atom. The molecule has 0 spiro atoms. The van der Waals surface area contributed by atoms with E-state index >= 15 is 0 Å². The van der Waals surface area contributed by atoms with Gasteiger partial charge in [-0.2, -0.15) is 9.61 Å². The number of carbonyl (C=O) groups excluding carboxylic acids is 1. The molecule has 3 rings (SSSR count). The van der Waals surface area contributed by atoms with E-state index in [1.165, 1.54) is 0 Å². The number of carbonyl (C=O) groups is 1. The quantitative estimate of drug-likeness (QED) is 0.831. The van der Waals surface area contributed by atoms with Gasteiger partial charge in [0.25, 0.3) is 0 Å². The van der Waals surface area contributed by atoms with Crippen LogP contribution in [0.1, 0.15) is 23.9 Å². The van der Waals surface area contributed by atoms with Crippen LogP contribution in [0.15, 0.2) is 6.07 Å². The Kier molecular flexibility index (Phi) is 7.92. The van der Waals surface area contributed by atoms with E-state index in [2.05, 4.69) is 27.6 Å². The van der Waals surface area contributed by atoms with Gasteiger partial charge in [-0.25, -0.2) is 4.98 Å². The third-order valence-corrected chi connectivity index (χ3v) is 4.36. The molecule has 2 aromatic rings. The molecule has 140 valence electrons. The molecule has 0 aromatic carbocycles. The molecule has 0 unspecified atom stereocenters. The number of aromatic nitrogens is 3. The lowest BCUT2D eigenvalue weighted by atomic mass is 10.2. The molecule has 0 atom stereocenters. The van der Waals surface area contributed by atoms with Gasteiger partial charge < -0.3 is 15.5 Å². The van der Waals surface area contributed by atoms with Crippen LogP contribution in [0.2, 0.25) is 0 Å². The summed E-state index contributed by atoms with van der Waals surface area (Å²) in [6.45, 7) is 9.63. The molecule has 1 saturated heterocycles. The van der Waals surface area contributed by atoms with Gasteiger partial charge in [0, 0.05) is 43.5 Å². The highest BCUT2D eigenvalue weighted by molar-refractivity contribution is 5.85. The first kappa shape index (κ1) is 21.5. The van der Waals surface area contributed by atoms with E-state index in [1.54, 1.807) is 4.52 Å². The van der Waals surface area contributed by atoms with Crippen LogP contribution in [0, 0.1) is 13.8 Å². The second-order valence-electron chi connectivity index (χ2n) is 5.92. The number of piperazine rings is 1. The molecule has 7 nitrogen and oxygen atoms in total. The van der Waals surface area contributed by atoms with Crippen LogP contribution >= 0.6 is 24.8 Å². The Morgan fingerprint density at radius 2 is 1.96 bits per heavy atom. The fraction of sp³-hybridized carbons (Fsp3) is 0.562. The van der Waals surface area contributed by atoms with E-state index in [1.807, 2.05) is 24.8 Å². The average Bonchev–Trinajstić information content (AvgIpc) is 2.88. The molecule has 0 radical (unpaired) electrons. The smallest absolute Gasteiger partial charge is 0.242 e. The van der Waals surface area contributed by atoms with Crippen LogP contribution in [0.4, 0.5) is 5.82 Å². The second kappa shape index (κ2) is 9.22. The number of anilines is 1. The highest BCUT2D eigenvalue weighted by Gasteiger charge is 2.17. The number of hydrogen-bond donors (Lipinski definition) is 2. The third-order valence-electron chi connectivity index (χ3n) is 4.36. The molecule has 0 bridgehead atoms. The minimum absolute atomic E-state index is 0. The number of aryl methyl sites for hydroxylation is 3. The third kappa shape index (κ3) is 4.54. The molecule has 2 aromatic heterocycles. The summed E-state index contributed by atoms with van der Waals surface area (Å²) >= 11 is 0. The van der Waals surface area contributed by atoms with Crippen LogP contribution in [-0.4, -0.2) is 58.1 Å². The van der Waals surface area contributed by atoms with Gasteiger partial charge in [0.1, 0.15) is 5.82 Å². The highest BCUT2D eigenvalue weighted by Crippen LogP contribution is 2.18.